The average molecular weight is 355 g/mol. The molecule has 0 aliphatic heterocycles. The van der Waals surface area contributed by atoms with Gasteiger partial charge in [0.15, 0.2) is 20.0 Å². The third-order valence-electron chi connectivity index (χ3n) is 2.62. The Balaban J connectivity index is 2.37. The first-order chi connectivity index (χ1) is 10.6. The number of thiazole rings is 1. The van der Waals surface area contributed by atoms with Crippen molar-refractivity contribution in [1.82, 2.24) is 9.97 Å². The van der Waals surface area contributed by atoms with Gasteiger partial charge in [-0.3, -0.25) is 10.1 Å². The quantitative estimate of drug-likeness (QED) is 0.883. The molecule has 23 heavy (non-hydrogen) atoms. The van der Waals surface area contributed by atoms with Crippen LogP contribution in [0.2, 0.25) is 0 Å². The Kier molecular flexibility index (Phi) is 5.00. The number of aryl methyl sites for hydroxylation is 1. The minimum absolute atomic E-state index is 0.0865. The summed E-state index contributed by atoms with van der Waals surface area (Å²) in [5.41, 5.74) is 0.935. The molecule has 1 N–H and O–H groups in total. The Morgan fingerprint density at radius 2 is 2.00 bits per heavy atom. The van der Waals surface area contributed by atoms with Gasteiger partial charge in [0.05, 0.1) is 11.8 Å². The van der Waals surface area contributed by atoms with Crippen molar-refractivity contribution in [2.75, 3.05) is 11.6 Å². The Morgan fingerprint density at radius 3 is 2.52 bits per heavy atom. The van der Waals surface area contributed by atoms with Crippen LogP contribution in [0.25, 0.3) is 0 Å². The zero-order valence-corrected chi connectivity index (χ0v) is 14.8. The van der Waals surface area contributed by atoms with E-state index in [1.165, 1.54) is 23.5 Å². The highest BCUT2D eigenvalue weighted by Gasteiger charge is 2.18. The maximum absolute atomic E-state index is 12.3. The van der Waals surface area contributed by atoms with Crippen molar-refractivity contribution in [3.8, 4) is 5.88 Å². The van der Waals surface area contributed by atoms with Crippen LogP contribution in [0.4, 0.5) is 5.13 Å². The molecule has 0 saturated heterocycles. The number of carbonyl (C=O) groups is 1. The van der Waals surface area contributed by atoms with E-state index in [4.69, 9.17) is 4.74 Å². The fourth-order valence-electron chi connectivity index (χ4n) is 1.68. The molecule has 0 fully saturated rings. The lowest BCUT2D eigenvalue weighted by molar-refractivity contribution is 0.102. The van der Waals surface area contributed by atoms with Gasteiger partial charge < -0.3 is 4.74 Å². The molecule has 0 aromatic carbocycles. The maximum Gasteiger partial charge on any atom is 0.257 e. The van der Waals surface area contributed by atoms with Gasteiger partial charge in [0.25, 0.3) is 5.91 Å². The van der Waals surface area contributed by atoms with Crippen LogP contribution >= 0.6 is 11.3 Å². The molecule has 0 spiro atoms. The monoisotopic (exact) mass is 355 g/mol. The number of aromatic nitrogens is 2. The van der Waals surface area contributed by atoms with E-state index in [0.717, 1.165) is 11.9 Å². The second kappa shape index (κ2) is 6.63. The molecule has 2 rings (SSSR count). The number of amides is 1. The van der Waals surface area contributed by atoms with Gasteiger partial charge in [0, 0.05) is 23.3 Å². The Labute approximate surface area is 138 Å². The Bertz CT molecular complexity index is 828. The van der Waals surface area contributed by atoms with Gasteiger partial charge in [-0.1, -0.05) is 0 Å². The van der Waals surface area contributed by atoms with Crippen LogP contribution in [-0.4, -0.2) is 36.7 Å². The van der Waals surface area contributed by atoms with Crippen LogP contribution in [0.3, 0.4) is 0 Å². The van der Waals surface area contributed by atoms with Gasteiger partial charge in [-0.2, -0.15) is 0 Å². The van der Waals surface area contributed by atoms with Crippen molar-refractivity contribution in [3.05, 3.63) is 28.8 Å². The van der Waals surface area contributed by atoms with E-state index in [-0.39, 0.29) is 22.6 Å². The number of nitrogens with one attached hydrogen (secondary N) is 1. The molecule has 0 bridgehead atoms. The summed E-state index contributed by atoms with van der Waals surface area (Å²) in [6.07, 6.45) is 0.829. The number of sulfone groups is 1. The third-order valence-corrected chi connectivity index (χ3v) is 4.46. The highest BCUT2D eigenvalue weighted by atomic mass is 32.2. The highest BCUT2D eigenvalue weighted by molar-refractivity contribution is 7.90. The molecule has 2 aromatic heterocycles. The smallest absolute Gasteiger partial charge is 0.257 e. The normalized spacial score (nSPS) is 11.5. The summed E-state index contributed by atoms with van der Waals surface area (Å²) >= 11 is 1.29. The fraction of sp³-hybridized carbons (Fsp3) is 0.357. The summed E-state index contributed by atoms with van der Waals surface area (Å²) in [7, 11) is -3.57. The predicted molar refractivity (Wildman–Crippen MR) is 87.9 cm³/mol. The van der Waals surface area contributed by atoms with E-state index in [0.29, 0.717) is 5.13 Å². The largest absolute Gasteiger partial charge is 0.475 e. The van der Waals surface area contributed by atoms with E-state index in [1.54, 1.807) is 19.2 Å². The molecule has 2 heterocycles. The summed E-state index contributed by atoms with van der Waals surface area (Å²) in [6, 6.07) is 2.63. The number of nitrogens with zero attached hydrogens (tertiary/aromatic N) is 2. The van der Waals surface area contributed by atoms with Crippen molar-refractivity contribution >= 4 is 32.2 Å². The lowest BCUT2D eigenvalue weighted by atomic mass is 10.2. The van der Waals surface area contributed by atoms with Gasteiger partial charge in [-0.05, 0) is 26.8 Å². The number of ether oxygens (including phenoxy) is 1. The molecule has 0 unspecified atom stereocenters. The predicted octanol–water partition coefficient (Wildman–Crippen LogP) is 2.29. The molecule has 9 heteroatoms. The number of hydrogen-bond donors (Lipinski definition) is 1. The minimum Gasteiger partial charge on any atom is -0.475 e. The number of rotatable bonds is 5. The van der Waals surface area contributed by atoms with Crippen LogP contribution in [0.15, 0.2) is 22.5 Å². The summed E-state index contributed by atoms with van der Waals surface area (Å²) < 4.78 is 28.9. The van der Waals surface area contributed by atoms with E-state index in [9.17, 15) is 13.2 Å². The molecule has 0 aliphatic carbocycles. The zero-order valence-electron chi connectivity index (χ0n) is 13.2. The average Bonchev–Trinajstić information content (AvgIpc) is 2.82. The van der Waals surface area contributed by atoms with Gasteiger partial charge in [-0.15, -0.1) is 11.3 Å². The molecule has 7 nitrogen and oxygen atoms in total. The van der Waals surface area contributed by atoms with Crippen LogP contribution in [-0.2, 0) is 9.84 Å². The van der Waals surface area contributed by atoms with Gasteiger partial charge in [0.2, 0.25) is 5.88 Å². The number of pyridine rings is 1. The molecule has 2 aromatic rings. The number of hydrogen-bond acceptors (Lipinski definition) is 7. The molecule has 1 amide bonds. The van der Waals surface area contributed by atoms with Crippen LogP contribution in [0, 0.1) is 6.92 Å². The molecule has 0 saturated carbocycles. The topological polar surface area (TPSA) is 98.2 Å². The van der Waals surface area contributed by atoms with E-state index in [1.807, 2.05) is 6.92 Å². The number of anilines is 1. The van der Waals surface area contributed by atoms with Gasteiger partial charge in [-0.25, -0.2) is 18.4 Å². The first kappa shape index (κ1) is 17.4. The summed E-state index contributed by atoms with van der Waals surface area (Å²) in [5, 5.41) is 4.66. The van der Waals surface area contributed by atoms with Gasteiger partial charge in [0.1, 0.15) is 0 Å². The highest BCUT2D eigenvalue weighted by Crippen LogP contribution is 2.20. The molecular formula is C14H17N3O4S2. The standard InChI is InChI=1S/C14H17N3O4S2/c1-8(2)21-11-5-10(6-12(16-11)23(4,19)20)13(18)17-14-15-9(3)7-22-14/h5-8H,1-4H3,(H,15,17,18). The summed E-state index contributed by atoms with van der Waals surface area (Å²) in [5.74, 6) is -0.386. The molecule has 124 valence electrons. The Morgan fingerprint density at radius 1 is 1.30 bits per heavy atom. The van der Waals surface area contributed by atoms with E-state index in [2.05, 4.69) is 15.3 Å². The Hall–Kier alpha value is -2.00. The first-order valence-corrected chi connectivity index (χ1v) is 9.54. The maximum atomic E-state index is 12.3. The first-order valence-electron chi connectivity index (χ1n) is 6.77. The van der Waals surface area contributed by atoms with Crippen LogP contribution < -0.4 is 10.1 Å². The molecule has 0 atom stereocenters. The van der Waals surface area contributed by atoms with Gasteiger partial charge >= 0.3 is 0 Å². The van der Waals surface area contributed by atoms with Crippen molar-refractivity contribution < 1.29 is 17.9 Å². The molecule has 0 radical (unpaired) electrons. The lowest BCUT2D eigenvalue weighted by Crippen LogP contribution is -2.15. The fourth-order valence-corrected chi connectivity index (χ4v) is 2.96. The second-order valence-electron chi connectivity index (χ2n) is 5.22. The molecular weight excluding hydrogens is 338 g/mol. The SMILES string of the molecule is Cc1csc(NC(=O)c2cc(OC(C)C)nc(S(C)(=O)=O)c2)n1. The van der Waals surface area contributed by atoms with Crippen LogP contribution in [0.5, 0.6) is 5.88 Å². The zero-order chi connectivity index (χ0) is 17.2. The van der Waals surface area contributed by atoms with E-state index < -0.39 is 15.7 Å². The van der Waals surface area contributed by atoms with Crippen molar-refractivity contribution in [2.45, 2.75) is 31.9 Å². The summed E-state index contributed by atoms with van der Waals surface area (Å²) in [6.45, 7) is 5.38. The van der Waals surface area contributed by atoms with Crippen molar-refractivity contribution in [2.24, 2.45) is 0 Å². The van der Waals surface area contributed by atoms with Crippen molar-refractivity contribution in [3.63, 3.8) is 0 Å². The summed E-state index contributed by atoms with van der Waals surface area (Å²) in [4.78, 5) is 20.4. The van der Waals surface area contributed by atoms with E-state index >= 15 is 0 Å². The van der Waals surface area contributed by atoms with Crippen molar-refractivity contribution in [1.29, 1.82) is 0 Å². The molecule has 0 aliphatic rings. The van der Waals surface area contributed by atoms with Crippen LogP contribution in [0.1, 0.15) is 29.9 Å². The lowest BCUT2D eigenvalue weighted by Gasteiger charge is -2.11. The number of carbonyl (C=O) groups excluding carboxylic acids is 1. The third kappa shape index (κ3) is 4.73. The second-order valence-corrected chi connectivity index (χ2v) is 8.04. The minimum atomic E-state index is -3.57.